The molecule has 1 N–H and O–H groups in total. The smallest absolute Gasteiger partial charge is 0.339 e. The number of carbonyl (C=O) groups is 1. The zero-order chi connectivity index (χ0) is 24.5. The minimum absolute atomic E-state index is 0.153. The summed E-state index contributed by atoms with van der Waals surface area (Å²) >= 11 is 0. The number of hydrogen-bond donors (Lipinski definition) is 1. The van der Waals surface area contributed by atoms with Crippen LogP contribution in [0, 0.1) is 27.7 Å². The number of aromatic nitrogens is 1. The van der Waals surface area contributed by atoms with E-state index in [1.54, 1.807) is 51.3 Å². The van der Waals surface area contributed by atoms with Crippen LogP contribution in [0.4, 0.5) is 0 Å². The quantitative estimate of drug-likeness (QED) is 0.514. The fourth-order valence-electron chi connectivity index (χ4n) is 3.72. The van der Waals surface area contributed by atoms with Crippen LogP contribution in [0.2, 0.25) is 0 Å². The van der Waals surface area contributed by atoms with E-state index in [1.807, 2.05) is 50.2 Å². The van der Waals surface area contributed by atoms with Gasteiger partial charge in [0.05, 0.1) is 17.0 Å². The molecular formula is C27H31NO5. The van der Waals surface area contributed by atoms with E-state index in [1.165, 1.54) is 0 Å². The van der Waals surface area contributed by atoms with Crippen LogP contribution < -0.4 is 10.2 Å². The number of hydrogen-bond acceptors (Lipinski definition) is 4. The van der Waals surface area contributed by atoms with Gasteiger partial charge >= 0.3 is 5.97 Å². The van der Waals surface area contributed by atoms with Crippen molar-refractivity contribution in [3.05, 3.63) is 86.8 Å². The lowest BCUT2D eigenvalue weighted by molar-refractivity contribution is -0.161. The monoisotopic (exact) mass is 449 g/mol. The second kappa shape index (κ2) is 9.24. The summed E-state index contributed by atoms with van der Waals surface area (Å²) in [4.78, 5) is 25.8. The number of ether oxygens (including phenoxy) is 2. The fourth-order valence-corrected chi connectivity index (χ4v) is 3.72. The molecule has 6 heteroatoms. The van der Waals surface area contributed by atoms with E-state index in [9.17, 15) is 14.7 Å². The summed E-state index contributed by atoms with van der Waals surface area (Å²) in [5.41, 5.74) is 2.82. The Morgan fingerprint density at radius 3 is 2.15 bits per heavy atom. The molecule has 1 aromatic heterocycles. The first-order valence-electron chi connectivity index (χ1n) is 10.9. The van der Waals surface area contributed by atoms with Gasteiger partial charge in [0.1, 0.15) is 5.75 Å². The van der Waals surface area contributed by atoms with Gasteiger partial charge in [0, 0.05) is 11.3 Å². The van der Waals surface area contributed by atoms with Crippen LogP contribution in [0.3, 0.4) is 0 Å². The highest BCUT2D eigenvalue weighted by Crippen LogP contribution is 2.33. The van der Waals surface area contributed by atoms with Gasteiger partial charge in [0.2, 0.25) is 5.43 Å². The van der Waals surface area contributed by atoms with E-state index in [4.69, 9.17) is 9.47 Å². The Morgan fingerprint density at radius 1 is 0.970 bits per heavy atom. The third-order valence-corrected chi connectivity index (χ3v) is 5.49. The van der Waals surface area contributed by atoms with E-state index in [2.05, 4.69) is 0 Å². The molecule has 1 atom stereocenters. The maximum absolute atomic E-state index is 13.4. The molecule has 0 spiro atoms. The maximum atomic E-state index is 13.4. The molecule has 0 bridgehead atoms. The van der Waals surface area contributed by atoms with Crippen molar-refractivity contribution >= 4 is 5.97 Å². The average molecular weight is 450 g/mol. The molecule has 0 saturated carbocycles. The number of rotatable bonds is 6. The van der Waals surface area contributed by atoms with Gasteiger partial charge in [0.15, 0.2) is 11.9 Å². The van der Waals surface area contributed by atoms with Gasteiger partial charge in [-0.1, -0.05) is 24.3 Å². The van der Waals surface area contributed by atoms with Crippen molar-refractivity contribution in [1.29, 1.82) is 0 Å². The number of para-hydroxylation sites is 1. The van der Waals surface area contributed by atoms with Crippen LogP contribution in [0.5, 0.6) is 11.5 Å². The standard InChI is InChI=1S/C27H31NO5/c1-16-13-14-20(15-17(16)2)28-19(4)24(32-21-11-9-8-10-12-21)23(29)18(3)22(28)25(26(30)31)33-27(5,6)7/h8-15,25H,1-7H3,(H,30,31). The summed E-state index contributed by atoms with van der Waals surface area (Å²) in [7, 11) is 0. The molecule has 1 unspecified atom stereocenters. The van der Waals surface area contributed by atoms with Gasteiger partial charge in [0.25, 0.3) is 0 Å². The number of aryl methyl sites for hydroxylation is 2. The Labute approximate surface area is 194 Å². The Morgan fingerprint density at radius 2 is 1.61 bits per heavy atom. The van der Waals surface area contributed by atoms with Crippen LogP contribution in [0.25, 0.3) is 5.69 Å². The van der Waals surface area contributed by atoms with E-state index in [0.29, 0.717) is 11.4 Å². The molecule has 0 radical (unpaired) electrons. The van der Waals surface area contributed by atoms with E-state index in [0.717, 1.165) is 16.8 Å². The first-order valence-corrected chi connectivity index (χ1v) is 10.9. The number of benzene rings is 2. The fraction of sp³-hybridized carbons (Fsp3) is 0.333. The van der Waals surface area contributed by atoms with Crippen molar-refractivity contribution in [3.8, 4) is 17.2 Å². The number of carboxylic acid groups (broad SMARTS) is 1. The van der Waals surface area contributed by atoms with Crippen molar-refractivity contribution in [2.75, 3.05) is 0 Å². The first kappa shape index (κ1) is 24.3. The number of pyridine rings is 1. The molecule has 33 heavy (non-hydrogen) atoms. The van der Waals surface area contributed by atoms with Crippen molar-refractivity contribution in [2.45, 2.75) is 60.2 Å². The highest BCUT2D eigenvalue weighted by molar-refractivity contribution is 5.75. The largest absolute Gasteiger partial charge is 0.479 e. The lowest BCUT2D eigenvalue weighted by Crippen LogP contribution is -2.32. The van der Waals surface area contributed by atoms with Crippen LogP contribution in [-0.2, 0) is 9.53 Å². The van der Waals surface area contributed by atoms with Gasteiger partial charge in [-0.05, 0) is 83.9 Å². The number of carboxylic acids is 1. The summed E-state index contributed by atoms with van der Waals surface area (Å²) < 4.78 is 13.7. The molecule has 174 valence electrons. The highest BCUT2D eigenvalue weighted by Gasteiger charge is 2.33. The molecule has 3 aromatic rings. The Kier molecular flexibility index (Phi) is 6.79. The predicted octanol–water partition coefficient (Wildman–Crippen LogP) is 5.80. The van der Waals surface area contributed by atoms with Crippen LogP contribution in [-0.4, -0.2) is 21.2 Å². The molecular weight excluding hydrogens is 418 g/mol. The van der Waals surface area contributed by atoms with Crippen LogP contribution in [0.15, 0.2) is 53.3 Å². The molecule has 2 aromatic carbocycles. The van der Waals surface area contributed by atoms with Crippen LogP contribution >= 0.6 is 0 Å². The predicted molar refractivity (Wildman–Crippen MR) is 129 cm³/mol. The van der Waals surface area contributed by atoms with Gasteiger partial charge in [-0.2, -0.15) is 0 Å². The molecule has 0 saturated heterocycles. The molecule has 0 amide bonds. The zero-order valence-electron chi connectivity index (χ0n) is 20.2. The molecule has 6 nitrogen and oxygen atoms in total. The second-order valence-corrected chi connectivity index (χ2v) is 9.22. The van der Waals surface area contributed by atoms with E-state index < -0.39 is 17.7 Å². The Bertz CT molecular complexity index is 1240. The van der Waals surface area contributed by atoms with Crippen LogP contribution in [0.1, 0.15) is 55.0 Å². The minimum atomic E-state index is -1.34. The van der Waals surface area contributed by atoms with Gasteiger partial charge in [-0.25, -0.2) is 4.79 Å². The molecule has 1 heterocycles. The van der Waals surface area contributed by atoms with Crippen molar-refractivity contribution in [2.24, 2.45) is 0 Å². The molecule has 3 rings (SSSR count). The Balaban J connectivity index is 2.37. The molecule has 0 aliphatic carbocycles. The van der Waals surface area contributed by atoms with Crippen molar-refractivity contribution in [1.82, 2.24) is 4.57 Å². The molecule has 0 aliphatic heterocycles. The minimum Gasteiger partial charge on any atom is -0.479 e. The highest BCUT2D eigenvalue weighted by atomic mass is 16.5. The summed E-state index contributed by atoms with van der Waals surface area (Å²) in [6, 6.07) is 14.9. The van der Waals surface area contributed by atoms with Gasteiger partial charge in [-0.15, -0.1) is 0 Å². The third-order valence-electron chi connectivity index (χ3n) is 5.49. The summed E-state index contributed by atoms with van der Waals surface area (Å²) in [5.74, 6) is -0.487. The summed E-state index contributed by atoms with van der Waals surface area (Å²) in [5, 5.41) is 10.1. The molecule has 0 fully saturated rings. The molecule has 0 aliphatic rings. The lowest BCUT2D eigenvalue weighted by atomic mass is 10.0. The lowest BCUT2D eigenvalue weighted by Gasteiger charge is -2.30. The topological polar surface area (TPSA) is 77.8 Å². The number of nitrogens with zero attached hydrogens (tertiary/aromatic N) is 1. The van der Waals surface area contributed by atoms with Gasteiger partial charge in [-0.3, -0.25) is 4.79 Å². The van der Waals surface area contributed by atoms with E-state index in [-0.39, 0.29) is 22.4 Å². The zero-order valence-corrected chi connectivity index (χ0v) is 20.2. The number of aliphatic carboxylic acids is 1. The van der Waals surface area contributed by atoms with Crippen molar-refractivity contribution < 1.29 is 19.4 Å². The normalized spacial score (nSPS) is 12.5. The summed E-state index contributed by atoms with van der Waals surface area (Å²) in [6.07, 6.45) is -1.34. The summed E-state index contributed by atoms with van der Waals surface area (Å²) in [6.45, 7) is 12.7. The third kappa shape index (κ3) is 5.17. The van der Waals surface area contributed by atoms with E-state index >= 15 is 0 Å². The maximum Gasteiger partial charge on any atom is 0.339 e. The Hall–Kier alpha value is -3.38. The second-order valence-electron chi connectivity index (χ2n) is 9.22. The first-order chi connectivity index (χ1) is 15.4. The average Bonchev–Trinajstić information content (AvgIpc) is 2.74. The van der Waals surface area contributed by atoms with Gasteiger partial charge < -0.3 is 19.1 Å². The SMILES string of the molecule is Cc1ccc(-n2c(C)c(Oc3ccccc3)c(=O)c(C)c2C(OC(C)(C)C)C(=O)O)cc1C. The van der Waals surface area contributed by atoms with Crippen molar-refractivity contribution in [3.63, 3.8) is 0 Å².